The van der Waals surface area contributed by atoms with Crippen LogP contribution < -0.4 is 31.3 Å². The maximum absolute atomic E-state index is 14.0. The Hall–Kier alpha value is -7.67. The number of rotatable bonds is 15. The van der Waals surface area contributed by atoms with Crippen LogP contribution in [0.3, 0.4) is 0 Å². The summed E-state index contributed by atoms with van der Waals surface area (Å²) in [6.45, 7) is 8.22. The van der Waals surface area contributed by atoms with E-state index in [4.69, 9.17) is 0 Å². The van der Waals surface area contributed by atoms with Gasteiger partial charge in [-0.2, -0.15) is 0 Å². The predicted octanol–water partition coefficient (Wildman–Crippen LogP) is 4.78. The van der Waals surface area contributed by atoms with Crippen LogP contribution in [0.5, 0.6) is 0 Å². The molecule has 1 atom stereocenters. The highest BCUT2D eigenvalue weighted by Gasteiger charge is 2.46. The second-order valence-electron chi connectivity index (χ2n) is 20.2. The van der Waals surface area contributed by atoms with Crippen LogP contribution >= 0.6 is 0 Å². The maximum atomic E-state index is 14.0. The van der Waals surface area contributed by atoms with Gasteiger partial charge in [0.05, 0.1) is 29.6 Å². The molecule has 1 aromatic carbocycles. The summed E-state index contributed by atoms with van der Waals surface area (Å²) in [5, 5.41) is 19.5. The van der Waals surface area contributed by atoms with E-state index in [0.717, 1.165) is 49.1 Å². The van der Waals surface area contributed by atoms with Gasteiger partial charge in [0.2, 0.25) is 17.7 Å². The number of nitrogens with zero attached hydrogens (tertiary/aromatic N) is 8. The number of anilines is 5. The molecule has 0 saturated carbocycles. The van der Waals surface area contributed by atoms with Crippen molar-refractivity contribution in [2.45, 2.75) is 90.8 Å². The molecule has 0 bridgehead atoms. The van der Waals surface area contributed by atoms with Crippen LogP contribution in [0.4, 0.5) is 28.7 Å². The molecule has 374 valence electrons. The number of carbonyl (C=O) groups excluding carboxylic acids is 6. The lowest BCUT2D eigenvalue weighted by atomic mass is 9.90. The highest BCUT2D eigenvalue weighted by molar-refractivity contribution is 6.25. The first-order valence-electron chi connectivity index (χ1n) is 24.9. The predicted molar refractivity (Wildman–Crippen MR) is 269 cm³/mol. The number of aliphatic hydroxyl groups is 1. The number of fused-ring (bicyclic) bond motifs is 4. The highest BCUT2D eigenvalue weighted by Crippen LogP contribution is 2.40. The van der Waals surface area contributed by atoms with Crippen molar-refractivity contribution in [1.82, 2.24) is 34.2 Å². The minimum Gasteiger partial charge on any atom is -0.392 e. The third-order valence-electron chi connectivity index (χ3n) is 14.7. The smallest absolute Gasteiger partial charge is 0.276 e. The van der Waals surface area contributed by atoms with Crippen molar-refractivity contribution in [3.8, 4) is 11.1 Å². The van der Waals surface area contributed by atoms with E-state index in [2.05, 4.69) is 49.2 Å². The van der Waals surface area contributed by atoms with Gasteiger partial charge in [-0.05, 0) is 91.1 Å². The lowest BCUT2D eigenvalue weighted by molar-refractivity contribution is -0.136. The van der Waals surface area contributed by atoms with Crippen LogP contribution in [0.15, 0.2) is 71.9 Å². The van der Waals surface area contributed by atoms with Crippen molar-refractivity contribution in [2.24, 2.45) is 12.5 Å². The number of aliphatic hydroxyl groups excluding tert-OH is 1. The molecule has 0 spiro atoms. The van der Waals surface area contributed by atoms with Gasteiger partial charge >= 0.3 is 0 Å². The van der Waals surface area contributed by atoms with E-state index in [9.17, 15) is 38.7 Å². The highest BCUT2D eigenvalue weighted by atomic mass is 16.3. The zero-order chi connectivity index (χ0) is 50.4. The van der Waals surface area contributed by atoms with Gasteiger partial charge in [-0.1, -0.05) is 32.8 Å². The van der Waals surface area contributed by atoms with Gasteiger partial charge < -0.3 is 34.7 Å². The third kappa shape index (κ3) is 9.12. The average Bonchev–Trinajstić information content (AvgIpc) is 3.96. The molecule has 4 N–H and O–H groups in total. The van der Waals surface area contributed by atoms with Crippen molar-refractivity contribution in [2.75, 3.05) is 59.7 Å². The van der Waals surface area contributed by atoms with E-state index in [1.165, 1.54) is 15.8 Å². The number of piperidine rings is 1. The minimum absolute atomic E-state index is 0.0590. The molecule has 2 saturated heterocycles. The summed E-state index contributed by atoms with van der Waals surface area (Å²) in [5.41, 5.74) is 7.00. The molecule has 8 heterocycles. The van der Waals surface area contributed by atoms with Crippen LogP contribution in [0.1, 0.15) is 107 Å². The number of aromatic nitrogens is 4. The molecule has 5 aliphatic rings. The first-order valence-corrected chi connectivity index (χ1v) is 24.9. The molecule has 10 rings (SSSR count). The van der Waals surface area contributed by atoms with E-state index < -0.39 is 29.7 Å². The van der Waals surface area contributed by atoms with E-state index in [1.807, 2.05) is 23.1 Å². The number of hydrogen-bond donors (Lipinski definition) is 4. The third-order valence-corrected chi connectivity index (χ3v) is 14.7. The Morgan fingerprint density at radius 2 is 1.65 bits per heavy atom. The summed E-state index contributed by atoms with van der Waals surface area (Å²) in [5.74, 6) is -1.30. The van der Waals surface area contributed by atoms with Gasteiger partial charge in [0, 0.05) is 101 Å². The fourth-order valence-corrected chi connectivity index (χ4v) is 11.0. The zero-order valence-corrected chi connectivity index (χ0v) is 40.8. The van der Waals surface area contributed by atoms with E-state index in [0.29, 0.717) is 97.6 Å². The number of imide groups is 2. The van der Waals surface area contributed by atoms with Crippen molar-refractivity contribution in [3.05, 3.63) is 111 Å². The van der Waals surface area contributed by atoms with Crippen LogP contribution in [0, 0.1) is 5.41 Å². The van der Waals surface area contributed by atoms with Crippen molar-refractivity contribution >= 4 is 64.1 Å². The second kappa shape index (κ2) is 19.5. The number of carbonyl (C=O) groups is 6. The van der Waals surface area contributed by atoms with E-state index in [1.54, 1.807) is 60.9 Å². The molecular formula is C53H59N11O8. The zero-order valence-electron chi connectivity index (χ0n) is 40.8. The Bertz CT molecular complexity index is 3080. The SMILES string of the molecule is Cn1cc(-c2ccnc(N3CCn4c(cc5c4CC(C)(C)C5)C3=O)c2CO)cc(Nc2ccc(N3CCN(C(=O)CCCCCCNc4cccc5c4C(=O)N(C4CCC(=O)NC4=O)C5=O)CC3)cn2)c1=O. The van der Waals surface area contributed by atoms with Crippen LogP contribution in [0.2, 0.25) is 0 Å². The summed E-state index contributed by atoms with van der Waals surface area (Å²) >= 11 is 0. The molecule has 1 aliphatic carbocycles. The minimum atomic E-state index is -1.02. The summed E-state index contributed by atoms with van der Waals surface area (Å²) in [7, 11) is 1.67. The van der Waals surface area contributed by atoms with Gasteiger partial charge in [0.15, 0.2) is 0 Å². The Kier molecular flexibility index (Phi) is 13.0. The van der Waals surface area contributed by atoms with Crippen LogP contribution in [-0.4, -0.2) is 115 Å². The van der Waals surface area contributed by atoms with Crippen molar-refractivity contribution in [3.63, 3.8) is 0 Å². The molecule has 2 fully saturated rings. The molecule has 19 nitrogen and oxygen atoms in total. The Morgan fingerprint density at radius 3 is 2.42 bits per heavy atom. The van der Waals surface area contributed by atoms with Gasteiger partial charge in [-0.3, -0.25) is 48.7 Å². The number of unbranched alkanes of at least 4 members (excludes halogenated alkanes) is 3. The second-order valence-corrected chi connectivity index (χ2v) is 20.2. The molecule has 4 aliphatic heterocycles. The van der Waals surface area contributed by atoms with Gasteiger partial charge in [0.25, 0.3) is 23.3 Å². The fraction of sp³-hybridized carbons (Fsp3) is 0.415. The van der Waals surface area contributed by atoms with Crippen LogP contribution in [-0.2, 0) is 47.4 Å². The molecule has 5 aromatic rings. The summed E-state index contributed by atoms with van der Waals surface area (Å²) in [4.78, 5) is 107. The normalized spacial score (nSPS) is 18.3. The average molecular weight is 978 g/mol. The largest absolute Gasteiger partial charge is 0.392 e. The Balaban J connectivity index is 0.687. The Labute approximate surface area is 416 Å². The van der Waals surface area contributed by atoms with Crippen molar-refractivity contribution in [1.29, 1.82) is 0 Å². The van der Waals surface area contributed by atoms with Gasteiger partial charge in [0.1, 0.15) is 29.1 Å². The van der Waals surface area contributed by atoms with Gasteiger partial charge in [-0.15, -0.1) is 0 Å². The number of pyridine rings is 3. The lowest BCUT2D eigenvalue weighted by Gasteiger charge is -2.36. The first kappa shape index (κ1) is 48.0. The number of aryl methyl sites for hydroxylation is 1. The Morgan fingerprint density at radius 1 is 0.847 bits per heavy atom. The van der Waals surface area contributed by atoms with Crippen molar-refractivity contribution < 1.29 is 33.9 Å². The fourth-order valence-electron chi connectivity index (χ4n) is 11.0. The standard InChI is InChI=1S/C53H59N11O8/c1-53(2)27-32-26-41-51(71)63(24-23-62(41)42(32)28-53)47-37(31-65)35(16-18-55-47)33-25-39(50(70)59(3)30-33)57-43-14-12-34(29-56-43)60-19-21-61(22-20-60)45(67)11-6-4-5-7-17-54-38-10-8-9-36-46(38)52(72)64(49(36)69)40-13-15-44(66)58-48(40)68/h8-10,12,14,16,18,25-26,29-30,40,54,65H,4-7,11,13,15,17,19-24,27-28,31H2,1-3H3,(H,56,57)(H,58,66,68). The maximum Gasteiger partial charge on any atom is 0.276 e. The molecule has 19 heteroatoms. The monoisotopic (exact) mass is 977 g/mol. The first-order chi connectivity index (χ1) is 34.7. The molecule has 1 unspecified atom stereocenters. The molecule has 6 amide bonds. The number of nitrogens with one attached hydrogen (secondary N) is 3. The van der Waals surface area contributed by atoms with E-state index in [-0.39, 0.29) is 53.4 Å². The lowest BCUT2D eigenvalue weighted by Crippen LogP contribution is -2.54. The van der Waals surface area contributed by atoms with Gasteiger partial charge in [-0.25, -0.2) is 9.97 Å². The molecule has 4 aromatic heterocycles. The summed E-state index contributed by atoms with van der Waals surface area (Å²) in [6, 6.07) is 13.3. The number of amides is 6. The number of piperazine rings is 1. The number of hydrogen-bond acceptors (Lipinski definition) is 13. The molecule has 0 radical (unpaired) electrons. The topological polar surface area (TPSA) is 224 Å². The van der Waals surface area contributed by atoms with E-state index >= 15 is 0 Å². The van der Waals surface area contributed by atoms with Crippen LogP contribution in [0.25, 0.3) is 11.1 Å². The molecular weight excluding hydrogens is 919 g/mol. The summed E-state index contributed by atoms with van der Waals surface area (Å²) in [6.07, 6.45) is 10.8. The quantitative estimate of drug-likeness (QED) is 0.0821. The molecule has 72 heavy (non-hydrogen) atoms. The summed E-state index contributed by atoms with van der Waals surface area (Å²) < 4.78 is 3.62. The number of benzene rings is 1.